The zero-order valence-electron chi connectivity index (χ0n) is 10.8. The molecular weight excluding hydrogens is 281 g/mol. The summed E-state index contributed by atoms with van der Waals surface area (Å²) in [4.78, 5) is 4.11. The molecule has 1 heterocycles. The van der Waals surface area contributed by atoms with Crippen molar-refractivity contribution in [3.8, 4) is 0 Å². The topological polar surface area (TPSA) is 85.1 Å². The van der Waals surface area contributed by atoms with Crippen LogP contribution in [0.4, 0.5) is 10.1 Å². The highest BCUT2D eigenvalue weighted by molar-refractivity contribution is 7.89. The summed E-state index contributed by atoms with van der Waals surface area (Å²) in [5, 5.41) is 0. The first-order valence-corrected chi connectivity index (χ1v) is 7.34. The molecule has 0 aliphatic heterocycles. The Hall–Kier alpha value is -1.99. The molecule has 2 rings (SSSR count). The molecule has 0 amide bonds. The number of aryl methyl sites for hydroxylation is 1. The fourth-order valence-electron chi connectivity index (χ4n) is 1.64. The average Bonchev–Trinajstić information content (AvgIpc) is 2.40. The summed E-state index contributed by atoms with van der Waals surface area (Å²) in [6.45, 7) is 1.87. The van der Waals surface area contributed by atoms with Crippen molar-refractivity contribution in [2.24, 2.45) is 0 Å². The van der Waals surface area contributed by atoms with Gasteiger partial charge in [-0.05, 0) is 37.3 Å². The van der Waals surface area contributed by atoms with Crippen LogP contribution in [0.3, 0.4) is 0 Å². The Morgan fingerprint density at radius 2 is 2.05 bits per heavy atom. The number of nitrogens with zero attached hydrogens (tertiary/aromatic N) is 1. The molecular formula is C13H14FN3O2S. The molecule has 0 saturated heterocycles. The smallest absolute Gasteiger partial charge is 0.241 e. The third kappa shape index (κ3) is 3.31. The number of nitrogen functional groups attached to an aromatic ring is 1. The fraction of sp³-hybridized carbons (Fsp3) is 0.154. The van der Waals surface area contributed by atoms with Crippen molar-refractivity contribution < 1.29 is 12.8 Å². The molecule has 3 N–H and O–H groups in total. The normalized spacial score (nSPS) is 11.5. The Bertz CT molecular complexity index is 732. The van der Waals surface area contributed by atoms with Gasteiger partial charge in [-0.1, -0.05) is 6.07 Å². The van der Waals surface area contributed by atoms with Crippen LogP contribution in [0.25, 0.3) is 0 Å². The van der Waals surface area contributed by atoms with Crippen molar-refractivity contribution in [3.63, 3.8) is 0 Å². The lowest BCUT2D eigenvalue weighted by atomic mass is 10.3. The van der Waals surface area contributed by atoms with Gasteiger partial charge in [0.25, 0.3) is 0 Å². The third-order valence-corrected chi connectivity index (χ3v) is 4.07. The first-order chi connectivity index (χ1) is 9.38. The first-order valence-electron chi connectivity index (χ1n) is 5.86. The number of pyridine rings is 1. The van der Waals surface area contributed by atoms with Gasteiger partial charge in [-0.2, -0.15) is 0 Å². The van der Waals surface area contributed by atoms with Gasteiger partial charge in [0.15, 0.2) is 0 Å². The van der Waals surface area contributed by atoms with Crippen LogP contribution in [-0.2, 0) is 16.6 Å². The average molecular weight is 295 g/mol. The number of hydrogen-bond acceptors (Lipinski definition) is 4. The monoisotopic (exact) mass is 295 g/mol. The van der Waals surface area contributed by atoms with Crippen molar-refractivity contribution in [1.82, 2.24) is 9.71 Å². The summed E-state index contributed by atoms with van der Waals surface area (Å²) in [7, 11) is -3.75. The zero-order valence-corrected chi connectivity index (χ0v) is 11.6. The standard InChI is InChI=1S/C13H14FN3O2S/c1-9-3-2-4-10(17-9)8-16-20(18,19)11-5-6-12(14)13(15)7-11/h2-7,16H,8,15H2,1H3. The Labute approximate surface area is 116 Å². The van der Waals surface area contributed by atoms with Gasteiger partial charge in [-0.25, -0.2) is 17.5 Å². The molecule has 0 unspecified atom stereocenters. The molecule has 0 fully saturated rings. The van der Waals surface area contributed by atoms with E-state index in [2.05, 4.69) is 9.71 Å². The summed E-state index contributed by atoms with van der Waals surface area (Å²) in [6.07, 6.45) is 0. The van der Waals surface area contributed by atoms with Crippen molar-refractivity contribution in [2.75, 3.05) is 5.73 Å². The second-order valence-electron chi connectivity index (χ2n) is 4.28. The van der Waals surface area contributed by atoms with Gasteiger partial charge in [-0.3, -0.25) is 4.98 Å². The molecule has 7 heteroatoms. The maximum absolute atomic E-state index is 13.0. The molecule has 0 aliphatic rings. The van der Waals surface area contributed by atoms with E-state index in [0.29, 0.717) is 5.69 Å². The fourth-order valence-corrected chi connectivity index (χ4v) is 2.67. The molecule has 5 nitrogen and oxygen atoms in total. The molecule has 106 valence electrons. The van der Waals surface area contributed by atoms with E-state index in [0.717, 1.165) is 23.9 Å². The van der Waals surface area contributed by atoms with Crippen molar-refractivity contribution in [2.45, 2.75) is 18.4 Å². The van der Waals surface area contributed by atoms with Gasteiger partial charge < -0.3 is 5.73 Å². The van der Waals surface area contributed by atoms with Crippen molar-refractivity contribution >= 4 is 15.7 Å². The largest absolute Gasteiger partial charge is 0.396 e. The highest BCUT2D eigenvalue weighted by Gasteiger charge is 2.15. The van der Waals surface area contributed by atoms with E-state index in [1.165, 1.54) is 0 Å². The molecule has 0 saturated carbocycles. The van der Waals surface area contributed by atoms with E-state index in [-0.39, 0.29) is 17.1 Å². The van der Waals surface area contributed by atoms with Crippen LogP contribution in [0.15, 0.2) is 41.3 Å². The second kappa shape index (κ2) is 5.56. The number of hydrogen-bond donors (Lipinski definition) is 2. The minimum atomic E-state index is -3.75. The van der Waals surface area contributed by atoms with Gasteiger partial charge in [0, 0.05) is 5.69 Å². The van der Waals surface area contributed by atoms with E-state index in [9.17, 15) is 12.8 Å². The molecule has 20 heavy (non-hydrogen) atoms. The van der Waals surface area contributed by atoms with Crippen LogP contribution >= 0.6 is 0 Å². The Morgan fingerprint density at radius 3 is 2.70 bits per heavy atom. The Kier molecular flexibility index (Phi) is 4.01. The predicted molar refractivity (Wildman–Crippen MR) is 73.8 cm³/mol. The third-order valence-electron chi connectivity index (χ3n) is 2.67. The van der Waals surface area contributed by atoms with Gasteiger partial charge >= 0.3 is 0 Å². The summed E-state index contributed by atoms with van der Waals surface area (Å²) in [5.74, 6) is -0.649. The SMILES string of the molecule is Cc1cccc(CNS(=O)(=O)c2ccc(F)c(N)c2)n1. The van der Waals surface area contributed by atoms with E-state index in [1.54, 1.807) is 12.1 Å². The minimum absolute atomic E-state index is 0.0568. The van der Waals surface area contributed by atoms with Gasteiger partial charge in [0.1, 0.15) is 5.82 Å². The molecule has 2 aromatic rings. The summed E-state index contributed by atoms with van der Waals surface area (Å²) in [6, 6.07) is 8.60. The molecule has 0 atom stereocenters. The van der Waals surface area contributed by atoms with E-state index >= 15 is 0 Å². The van der Waals surface area contributed by atoms with Gasteiger partial charge in [0.05, 0.1) is 22.8 Å². The highest BCUT2D eigenvalue weighted by atomic mass is 32.2. The number of sulfonamides is 1. The molecule has 1 aromatic carbocycles. The molecule has 0 bridgehead atoms. The molecule has 0 aliphatic carbocycles. The first kappa shape index (κ1) is 14.4. The van der Waals surface area contributed by atoms with Gasteiger partial charge in [-0.15, -0.1) is 0 Å². The summed E-state index contributed by atoms with van der Waals surface area (Å²) >= 11 is 0. The number of anilines is 1. The van der Waals surface area contributed by atoms with Crippen LogP contribution in [-0.4, -0.2) is 13.4 Å². The lowest BCUT2D eigenvalue weighted by Crippen LogP contribution is -2.24. The van der Waals surface area contributed by atoms with E-state index in [1.807, 2.05) is 13.0 Å². The second-order valence-corrected chi connectivity index (χ2v) is 6.05. The van der Waals surface area contributed by atoms with Crippen LogP contribution in [0.5, 0.6) is 0 Å². The van der Waals surface area contributed by atoms with E-state index in [4.69, 9.17) is 5.73 Å². The Morgan fingerprint density at radius 1 is 1.30 bits per heavy atom. The van der Waals surface area contributed by atoms with E-state index < -0.39 is 15.8 Å². The van der Waals surface area contributed by atoms with Crippen LogP contribution in [0.2, 0.25) is 0 Å². The molecule has 0 radical (unpaired) electrons. The predicted octanol–water partition coefficient (Wildman–Crippen LogP) is 1.59. The number of benzene rings is 1. The summed E-state index contributed by atoms with van der Waals surface area (Å²) in [5.41, 5.74) is 6.56. The molecule has 0 spiro atoms. The lowest BCUT2D eigenvalue weighted by Gasteiger charge is -2.08. The number of nitrogens with two attached hydrogens (primary N) is 1. The number of aromatic nitrogens is 1. The minimum Gasteiger partial charge on any atom is -0.396 e. The maximum atomic E-state index is 13.0. The number of nitrogens with one attached hydrogen (secondary N) is 1. The number of rotatable bonds is 4. The van der Waals surface area contributed by atoms with Crippen LogP contribution in [0.1, 0.15) is 11.4 Å². The number of halogens is 1. The van der Waals surface area contributed by atoms with Crippen molar-refractivity contribution in [1.29, 1.82) is 0 Å². The van der Waals surface area contributed by atoms with Crippen LogP contribution < -0.4 is 10.5 Å². The molecule has 1 aromatic heterocycles. The maximum Gasteiger partial charge on any atom is 0.241 e. The quantitative estimate of drug-likeness (QED) is 0.839. The highest BCUT2D eigenvalue weighted by Crippen LogP contribution is 2.16. The van der Waals surface area contributed by atoms with Crippen LogP contribution in [0, 0.1) is 12.7 Å². The zero-order chi connectivity index (χ0) is 14.8. The Balaban J connectivity index is 2.17. The lowest BCUT2D eigenvalue weighted by molar-refractivity contribution is 0.579. The summed E-state index contributed by atoms with van der Waals surface area (Å²) < 4.78 is 39.5. The van der Waals surface area contributed by atoms with Gasteiger partial charge in [0.2, 0.25) is 10.0 Å². The van der Waals surface area contributed by atoms with Crippen molar-refractivity contribution in [3.05, 3.63) is 53.6 Å².